The summed E-state index contributed by atoms with van der Waals surface area (Å²) in [5, 5.41) is 7.43. The molecule has 1 aromatic carbocycles. The van der Waals surface area contributed by atoms with E-state index in [1.165, 1.54) is 6.07 Å². The van der Waals surface area contributed by atoms with Crippen LogP contribution in [-0.4, -0.2) is 9.78 Å². The SMILES string of the molecule is CCn1cc(CNCc2cc(F)ccc2F)c(C)n1.Cl. The fourth-order valence-electron chi connectivity index (χ4n) is 1.91. The van der Waals surface area contributed by atoms with E-state index >= 15 is 0 Å². The predicted molar refractivity (Wildman–Crippen MR) is 76.8 cm³/mol. The van der Waals surface area contributed by atoms with E-state index in [2.05, 4.69) is 10.4 Å². The Balaban J connectivity index is 0.00000200. The average molecular weight is 302 g/mol. The van der Waals surface area contributed by atoms with Gasteiger partial charge in [-0.2, -0.15) is 5.10 Å². The third kappa shape index (κ3) is 4.02. The highest BCUT2D eigenvalue weighted by atomic mass is 35.5. The summed E-state index contributed by atoms with van der Waals surface area (Å²) in [7, 11) is 0. The Labute approximate surface area is 123 Å². The number of hydrogen-bond donors (Lipinski definition) is 1. The highest BCUT2D eigenvalue weighted by Gasteiger charge is 2.06. The van der Waals surface area contributed by atoms with Crippen molar-refractivity contribution in [3.63, 3.8) is 0 Å². The molecule has 0 bridgehead atoms. The van der Waals surface area contributed by atoms with Crippen LogP contribution in [0.1, 0.15) is 23.7 Å². The molecule has 0 aliphatic rings. The van der Waals surface area contributed by atoms with E-state index in [1.807, 2.05) is 24.7 Å². The second-order valence-electron chi connectivity index (χ2n) is 4.43. The maximum atomic E-state index is 13.4. The van der Waals surface area contributed by atoms with E-state index in [1.54, 1.807) is 0 Å². The molecule has 6 heteroatoms. The zero-order chi connectivity index (χ0) is 13.8. The molecule has 1 heterocycles. The highest BCUT2D eigenvalue weighted by Crippen LogP contribution is 2.10. The van der Waals surface area contributed by atoms with Gasteiger partial charge >= 0.3 is 0 Å². The minimum atomic E-state index is -0.423. The topological polar surface area (TPSA) is 29.9 Å². The summed E-state index contributed by atoms with van der Waals surface area (Å²) >= 11 is 0. The zero-order valence-electron chi connectivity index (χ0n) is 11.5. The van der Waals surface area contributed by atoms with Gasteiger partial charge in [-0.1, -0.05) is 0 Å². The largest absolute Gasteiger partial charge is 0.308 e. The summed E-state index contributed by atoms with van der Waals surface area (Å²) in [5.41, 5.74) is 2.35. The second-order valence-corrected chi connectivity index (χ2v) is 4.43. The molecule has 0 unspecified atom stereocenters. The molecule has 0 saturated heterocycles. The molecule has 0 aliphatic heterocycles. The van der Waals surface area contributed by atoms with Gasteiger partial charge in [0.15, 0.2) is 0 Å². The number of hydrogen-bond acceptors (Lipinski definition) is 2. The molecule has 0 amide bonds. The van der Waals surface area contributed by atoms with Crippen LogP contribution in [0.2, 0.25) is 0 Å². The first-order valence-electron chi connectivity index (χ1n) is 6.27. The van der Waals surface area contributed by atoms with Crippen molar-refractivity contribution in [2.45, 2.75) is 33.5 Å². The van der Waals surface area contributed by atoms with Gasteiger partial charge in [0, 0.05) is 37.0 Å². The second kappa shape index (κ2) is 7.36. The van der Waals surface area contributed by atoms with Crippen LogP contribution in [-0.2, 0) is 19.6 Å². The number of rotatable bonds is 5. The molecule has 0 saturated carbocycles. The number of nitrogens with one attached hydrogen (secondary N) is 1. The van der Waals surface area contributed by atoms with Crippen molar-refractivity contribution >= 4 is 12.4 Å². The Morgan fingerprint density at radius 3 is 2.55 bits per heavy atom. The van der Waals surface area contributed by atoms with E-state index in [4.69, 9.17) is 0 Å². The Kier molecular flexibility index (Phi) is 6.10. The first-order valence-corrected chi connectivity index (χ1v) is 6.27. The molecular weight excluding hydrogens is 284 g/mol. The monoisotopic (exact) mass is 301 g/mol. The number of nitrogens with zero attached hydrogens (tertiary/aromatic N) is 2. The molecule has 0 radical (unpaired) electrons. The van der Waals surface area contributed by atoms with Crippen LogP contribution in [0.25, 0.3) is 0 Å². The molecule has 110 valence electrons. The summed E-state index contributed by atoms with van der Waals surface area (Å²) in [6, 6.07) is 3.48. The minimum absolute atomic E-state index is 0. The average Bonchev–Trinajstić information content (AvgIpc) is 2.75. The van der Waals surface area contributed by atoms with Crippen molar-refractivity contribution in [3.8, 4) is 0 Å². The molecule has 3 nitrogen and oxygen atoms in total. The number of aryl methyl sites for hydroxylation is 2. The lowest BCUT2D eigenvalue weighted by Crippen LogP contribution is -2.14. The van der Waals surface area contributed by atoms with E-state index < -0.39 is 11.6 Å². The Bertz CT molecular complexity index is 570. The van der Waals surface area contributed by atoms with Crippen molar-refractivity contribution < 1.29 is 8.78 Å². The van der Waals surface area contributed by atoms with Crippen LogP contribution in [0.3, 0.4) is 0 Å². The maximum absolute atomic E-state index is 13.4. The van der Waals surface area contributed by atoms with Gasteiger partial charge in [0.25, 0.3) is 0 Å². The van der Waals surface area contributed by atoms with Gasteiger partial charge in [-0.25, -0.2) is 8.78 Å². The normalized spacial score (nSPS) is 10.4. The first-order chi connectivity index (χ1) is 9.10. The van der Waals surface area contributed by atoms with Crippen LogP contribution in [0.5, 0.6) is 0 Å². The van der Waals surface area contributed by atoms with E-state index in [0.29, 0.717) is 18.7 Å². The van der Waals surface area contributed by atoms with E-state index in [9.17, 15) is 8.78 Å². The van der Waals surface area contributed by atoms with E-state index in [-0.39, 0.29) is 12.4 Å². The van der Waals surface area contributed by atoms with Crippen molar-refractivity contribution in [2.24, 2.45) is 0 Å². The zero-order valence-corrected chi connectivity index (χ0v) is 12.3. The van der Waals surface area contributed by atoms with Crippen molar-refractivity contribution in [3.05, 3.63) is 52.9 Å². The quantitative estimate of drug-likeness (QED) is 0.919. The van der Waals surface area contributed by atoms with Gasteiger partial charge in [0.2, 0.25) is 0 Å². The molecule has 2 rings (SSSR count). The van der Waals surface area contributed by atoms with Crippen LogP contribution in [0.15, 0.2) is 24.4 Å². The fraction of sp³-hybridized carbons (Fsp3) is 0.357. The summed E-state index contributed by atoms with van der Waals surface area (Å²) in [6.45, 7) is 5.65. The highest BCUT2D eigenvalue weighted by molar-refractivity contribution is 5.85. The summed E-state index contributed by atoms with van der Waals surface area (Å²) < 4.78 is 28.3. The van der Waals surface area contributed by atoms with Crippen LogP contribution < -0.4 is 5.32 Å². The molecule has 0 aliphatic carbocycles. The number of aromatic nitrogens is 2. The minimum Gasteiger partial charge on any atom is -0.308 e. The van der Waals surface area contributed by atoms with E-state index in [0.717, 1.165) is 29.9 Å². The standard InChI is InChI=1S/C14H17F2N3.ClH/c1-3-19-9-12(10(2)18-19)8-17-7-11-6-13(15)4-5-14(11)16;/h4-6,9,17H,3,7-8H2,1-2H3;1H. The third-order valence-electron chi connectivity index (χ3n) is 3.01. The van der Waals surface area contributed by atoms with Gasteiger partial charge in [-0.3, -0.25) is 4.68 Å². The summed E-state index contributed by atoms with van der Waals surface area (Å²) in [6.07, 6.45) is 1.96. The predicted octanol–water partition coefficient (Wildman–Crippen LogP) is 3.20. The van der Waals surface area contributed by atoms with Gasteiger partial charge in [0.05, 0.1) is 5.69 Å². The van der Waals surface area contributed by atoms with Crippen molar-refractivity contribution in [1.82, 2.24) is 15.1 Å². The van der Waals surface area contributed by atoms with Crippen molar-refractivity contribution in [2.75, 3.05) is 0 Å². The van der Waals surface area contributed by atoms with Gasteiger partial charge < -0.3 is 5.32 Å². The molecule has 20 heavy (non-hydrogen) atoms. The van der Waals surface area contributed by atoms with Crippen molar-refractivity contribution in [1.29, 1.82) is 0 Å². The van der Waals surface area contributed by atoms with Gasteiger partial charge in [-0.15, -0.1) is 12.4 Å². The van der Waals surface area contributed by atoms with Crippen LogP contribution in [0, 0.1) is 18.6 Å². The van der Waals surface area contributed by atoms with Gasteiger partial charge in [-0.05, 0) is 32.0 Å². The van der Waals surface area contributed by atoms with Crippen LogP contribution in [0.4, 0.5) is 8.78 Å². The molecule has 1 N–H and O–H groups in total. The molecule has 0 fully saturated rings. The van der Waals surface area contributed by atoms with Crippen LogP contribution >= 0.6 is 12.4 Å². The first kappa shape index (κ1) is 16.6. The smallest absolute Gasteiger partial charge is 0.127 e. The lowest BCUT2D eigenvalue weighted by atomic mass is 10.2. The Hall–Kier alpha value is -1.46. The fourth-order valence-corrected chi connectivity index (χ4v) is 1.91. The number of halogens is 3. The molecule has 0 spiro atoms. The molecule has 1 aromatic heterocycles. The molecule has 2 aromatic rings. The molecular formula is C14H18ClF2N3. The Morgan fingerprint density at radius 1 is 1.20 bits per heavy atom. The number of benzene rings is 1. The third-order valence-corrected chi connectivity index (χ3v) is 3.01. The Morgan fingerprint density at radius 2 is 1.90 bits per heavy atom. The maximum Gasteiger partial charge on any atom is 0.127 e. The summed E-state index contributed by atoms with van der Waals surface area (Å²) in [4.78, 5) is 0. The lowest BCUT2D eigenvalue weighted by molar-refractivity contribution is 0.568. The van der Waals surface area contributed by atoms with Gasteiger partial charge in [0.1, 0.15) is 11.6 Å². The molecule has 0 atom stereocenters. The summed E-state index contributed by atoms with van der Waals surface area (Å²) in [5.74, 6) is -0.817. The lowest BCUT2D eigenvalue weighted by Gasteiger charge is -2.05.